The molecule has 0 aliphatic heterocycles. The van der Waals surface area contributed by atoms with Crippen LogP contribution in [0.15, 0.2) is 18.9 Å². The van der Waals surface area contributed by atoms with E-state index in [0.29, 0.717) is 18.0 Å². The predicted octanol–water partition coefficient (Wildman–Crippen LogP) is 0.306. The summed E-state index contributed by atoms with van der Waals surface area (Å²) in [6, 6.07) is 0. The first-order valence-corrected chi connectivity index (χ1v) is 5.19. The first-order chi connectivity index (χ1) is 8.31. The molecule has 0 spiro atoms. The van der Waals surface area contributed by atoms with Crippen molar-refractivity contribution in [2.75, 3.05) is 0 Å². The van der Waals surface area contributed by atoms with Gasteiger partial charge in [0.1, 0.15) is 11.8 Å². The van der Waals surface area contributed by atoms with Crippen molar-refractivity contribution in [2.45, 2.75) is 13.5 Å². The van der Waals surface area contributed by atoms with Crippen LogP contribution in [0.3, 0.4) is 0 Å². The van der Waals surface area contributed by atoms with Crippen LogP contribution >= 0.6 is 0 Å². The van der Waals surface area contributed by atoms with Gasteiger partial charge in [-0.05, 0) is 6.92 Å². The maximum atomic E-state index is 5.63. The Morgan fingerprint density at radius 3 is 3.00 bits per heavy atom. The second-order valence-electron chi connectivity index (χ2n) is 3.67. The van der Waals surface area contributed by atoms with Crippen LogP contribution in [0.1, 0.15) is 11.3 Å². The smallest absolute Gasteiger partial charge is 0.182 e. The minimum Gasteiger partial charge on any atom is -0.340 e. The summed E-state index contributed by atoms with van der Waals surface area (Å²) in [4.78, 5) is 15.4. The third-order valence-electron chi connectivity index (χ3n) is 2.73. The summed E-state index contributed by atoms with van der Waals surface area (Å²) in [5, 5.41) is 4.29. The lowest BCUT2D eigenvalue weighted by molar-refractivity contribution is 0.816. The lowest BCUT2D eigenvalue weighted by atomic mass is 10.3. The van der Waals surface area contributed by atoms with Crippen molar-refractivity contribution in [1.29, 1.82) is 0 Å². The molecule has 0 unspecified atom stereocenters. The van der Waals surface area contributed by atoms with Gasteiger partial charge in [-0.2, -0.15) is 5.10 Å². The molecule has 0 amide bonds. The van der Waals surface area contributed by atoms with E-state index in [1.807, 2.05) is 6.92 Å². The normalized spacial score (nSPS) is 11.2. The zero-order chi connectivity index (χ0) is 11.8. The molecule has 0 radical (unpaired) electrons. The maximum absolute atomic E-state index is 5.63. The lowest BCUT2D eigenvalue weighted by Gasteiger charge is -2.04. The van der Waals surface area contributed by atoms with E-state index in [1.54, 1.807) is 17.2 Å². The molecule has 86 valence electrons. The number of hydrogen-bond donors (Lipinski definition) is 2. The summed E-state index contributed by atoms with van der Waals surface area (Å²) >= 11 is 0. The Kier molecular flexibility index (Phi) is 2.12. The Bertz CT molecular complexity index is 666. The van der Waals surface area contributed by atoms with Gasteiger partial charge in [-0.15, -0.1) is 0 Å². The average Bonchev–Trinajstić information content (AvgIpc) is 2.94. The number of H-pyrrole nitrogens is 1. The number of imidazole rings is 1. The molecule has 0 saturated heterocycles. The summed E-state index contributed by atoms with van der Waals surface area (Å²) in [6.07, 6.45) is 4.81. The van der Waals surface area contributed by atoms with E-state index in [9.17, 15) is 0 Å². The molecule has 7 heteroatoms. The third kappa shape index (κ3) is 1.40. The van der Waals surface area contributed by atoms with Gasteiger partial charge >= 0.3 is 0 Å². The quantitative estimate of drug-likeness (QED) is 0.658. The zero-order valence-corrected chi connectivity index (χ0v) is 9.25. The first kappa shape index (κ1) is 9.91. The number of hydrogen-bond acceptors (Lipinski definition) is 5. The molecule has 3 aromatic heterocycles. The van der Waals surface area contributed by atoms with Crippen LogP contribution in [0.2, 0.25) is 0 Å². The Hall–Kier alpha value is -2.28. The second kappa shape index (κ2) is 3.63. The van der Waals surface area contributed by atoms with E-state index in [4.69, 9.17) is 5.73 Å². The molecule has 3 rings (SSSR count). The zero-order valence-electron chi connectivity index (χ0n) is 9.25. The van der Waals surface area contributed by atoms with Crippen LogP contribution in [0.25, 0.3) is 17.0 Å². The van der Waals surface area contributed by atoms with Gasteiger partial charge in [0.05, 0.1) is 12.5 Å². The van der Waals surface area contributed by atoms with Crippen LogP contribution in [0.4, 0.5) is 0 Å². The summed E-state index contributed by atoms with van der Waals surface area (Å²) in [5.74, 6) is 0.685. The molecule has 3 aromatic rings. The van der Waals surface area contributed by atoms with Crippen LogP contribution in [-0.4, -0.2) is 29.7 Å². The van der Waals surface area contributed by atoms with Gasteiger partial charge in [-0.25, -0.2) is 19.6 Å². The van der Waals surface area contributed by atoms with Gasteiger partial charge in [0.15, 0.2) is 11.5 Å². The highest BCUT2D eigenvalue weighted by atomic mass is 15.3. The highest BCUT2D eigenvalue weighted by Gasteiger charge is 2.12. The second-order valence-corrected chi connectivity index (χ2v) is 3.67. The fourth-order valence-electron chi connectivity index (χ4n) is 1.77. The Labute approximate surface area is 96.7 Å². The Balaban J connectivity index is 2.26. The number of aromatic amines is 1. The summed E-state index contributed by atoms with van der Waals surface area (Å²) in [7, 11) is 0. The molecule has 0 aromatic carbocycles. The van der Waals surface area contributed by atoms with Crippen molar-refractivity contribution >= 4 is 11.2 Å². The third-order valence-corrected chi connectivity index (χ3v) is 2.73. The van der Waals surface area contributed by atoms with Gasteiger partial charge in [0.25, 0.3) is 0 Å². The van der Waals surface area contributed by atoms with Crippen molar-refractivity contribution in [3.8, 4) is 5.82 Å². The van der Waals surface area contributed by atoms with Crippen molar-refractivity contribution in [3.63, 3.8) is 0 Å². The van der Waals surface area contributed by atoms with E-state index >= 15 is 0 Å². The molecular weight excluding hydrogens is 218 g/mol. The molecule has 7 nitrogen and oxygen atoms in total. The van der Waals surface area contributed by atoms with Crippen molar-refractivity contribution in [2.24, 2.45) is 5.73 Å². The van der Waals surface area contributed by atoms with Crippen LogP contribution in [-0.2, 0) is 6.54 Å². The average molecular weight is 229 g/mol. The first-order valence-electron chi connectivity index (χ1n) is 5.19. The van der Waals surface area contributed by atoms with Crippen molar-refractivity contribution in [1.82, 2.24) is 29.7 Å². The fourth-order valence-corrected chi connectivity index (χ4v) is 1.77. The number of fused-ring (bicyclic) bond motifs is 1. The molecule has 0 saturated carbocycles. The minimum absolute atomic E-state index is 0.461. The van der Waals surface area contributed by atoms with E-state index < -0.39 is 0 Å². The van der Waals surface area contributed by atoms with E-state index in [2.05, 4.69) is 25.0 Å². The van der Waals surface area contributed by atoms with Crippen LogP contribution in [0, 0.1) is 6.92 Å². The standard InChI is InChI=1S/C10H11N7/c1-6-7(2-11)3-16-17(6)10-8-9(13-4-12-8)14-5-15-10/h3-5H,2,11H2,1H3,(H,12,13,14,15). The minimum atomic E-state index is 0.461. The summed E-state index contributed by atoms with van der Waals surface area (Å²) in [5.41, 5.74) is 8.99. The van der Waals surface area contributed by atoms with Gasteiger partial charge in [-0.1, -0.05) is 0 Å². The topological polar surface area (TPSA) is 98.3 Å². The molecule has 0 aliphatic carbocycles. The van der Waals surface area contributed by atoms with Crippen LogP contribution < -0.4 is 5.73 Å². The number of nitrogens with two attached hydrogens (primary N) is 1. The van der Waals surface area contributed by atoms with Crippen LogP contribution in [0.5, 0.6) is 0 Å². The molecule has 3 heterocycles. The Morgan fingerprint density at radius 1 is 1.35 bits per heavy atom. The molecule has 0 aliphatic rings. The number of nitrogens with one attached hydrogen (secondary N) is 1. The maximum Gasteiger partial charge on any atom is 0.182 e. The molecule has 0 bridgehead atoms. The van der Waals surface area contributed by atoms with Gasteiger partial charge in [0.2, 0.25) is 0 Å². The number of aromatic nitrogens is 6. The van der Waals surface area contributed by atoms with Crippen molar-refractivity contribution < 1.29 is 0 Å². The SMILES string of the molecule is Cc1c(CN)cnn1-c1ncnc2nc[nH]c12. The van der Waals surface area contributed by atoms with E-state index in [1.165, 1.54) is 6.33 Å². The number of rotatable bonds is 2. The lowest BCUT2D eigenvalue weighted by Crippen LogP contribution is -2.05. The van der Waals surface area contributed by atoms with Crippen molar-refractivity contribution in [3.05, 3.63) is 30.1 Å². The fraction of sp³-hybridized carbons (Fsp3) is 0.200. The highest BCUT2D eigenvalue weighted by molar-refractivity contribution is 5.77. The summed E-state index contributed by atoms with van der Waals surface area (Å²) < 4.78 is 1.74. The molecule has 0 fully saturated rings. The summed E-state index contributed by atoms with van der Waals surface area (Å²) in [6.45, 7) is 2.42. The van der Waals surface area contributed by atoms with E-state index in [-0.39, 0.29) is 0 Å². The molecule has 3 N–H and O–H groups in total. The molecule has 0 atom stereocenters. The van der Waals surface area contributed by atoms with Gasteiger partial charge in [-0.3, -0.25) is 0 Å². The number of nitrogens with zero attached hydrogens (tertiary/aromatic N) is 5. The van der Waals surface area contributed by atoms with Gasteiger partial charge < -0.3 is 10.7 Å². The van der Waals surface area contributed by atoms with E-state index in [0.717, 1.165) is 16.8 Å². The monoisotopic (exact) mass is 229 g/mol. The Morgan fingerprint density at radius 2 is 2.24 bits per heavy atom. The highest BCUT2D eigenvalue weighted by Crippen LogP contribution is 2.17. The largest absolute Gasteiger partial charge is 0.340 e. The predicted molar refractivity (Wildman–Crippen MR) is 61.4 cm³/mol. The molecule has 17 heavy (non-hydrogen) atoms. The molecular formula is C10H11N7. The van der Waals surface area contributed by atoms with Gasteiger partial charge in [0, 0.05) is 17.8 Å².